The molecular weight excluding hydrogens is 166 g/mol. The van der Waals surface area contributed by atoms with Gasteiger partial charge in [-0.2, -0.15) is 0 Å². The van der Waals surface area contributed by atoms with E-state index in [-0.39, 0.29) is 6.10 Å². The highest BCUT2D eigenvalue weighted by Gasteiger charge is 2.13. The van der Waals surface area contributed by atoms with Crippen LogP contribution in [-0.2, 0) is 4.74 Å². The number of hydrogen-bond donors (Lipinski definition) is 2. The first kappa shape index (κ1) is 12.9. The lowest BCUT2D eigenvalue weighted by molar-refractivity contribution is 0.0863. The fourth-order valence-electron chi connectivity index (χ4n) is 1.05. The van der Waals surface area contributed by atoms with Crippen molar-refractivity contribution in [2.75, 3.05) is 20.3 Å². The summed E-state index contributed by atoms with van der Waals surface area (Å²) in [6, 6.07) is 0.435. The molecule has 0 fully saturated rings. The Hall–Kier alpha value is -0.120. The number of aliphatic hydroxyl groups is 1. The van der Waals surface area contributed by atoms with E-state index in [1.54, 1.807) is 7.11 Å². The quantitative estimate of drug-likeness (QED) is 0.628. The summed E-state index contributed by atoms with van der Waals surface area (Å²) in [4.78, 5) is 0. The van der Waals surface area contributed by atoms with Gasteiger partial charge in [-0.3, -0.25) is 0 Å². The van der Waals surface area contributed by atoms with Crippen molar-refractivity contribution >= 4 is 0 Å². The molecule has 0 saturated heterocycles. The third kappa shape index (κ3) is 6.99. The minimum absolute atomic E-state index is 0.266. The number of aliphatic hydroxyl groups excluding tert-OH is 1. The van der Waals surface area contributed by atoms with E-state index in [1.165, 1.54) is 0 Å². The van der Waals surface area contributed by atoms with E-state index in [0.717, 1.165) is 13.0 Å². The van der Waals surface area contributed by atoms with Gasteiger partial charge < -0.3 is 15.2 Å². The van der Waals surface area contributed by atoms with Gasteiger partial charge in [0.05, 0.1) is 6.10 Å². The second-order valence-corrected chi connectivity index (χ2v) is 3.89. The second-order valence-electron chi connectivity index (χ2n) is 3.89. The third-order valence-corrected chi connectivity index (χ3v) is 2.17. The molecule has 0 radical (unpaired) electrons. The molecule has 0 amide bonds. The number of rotatable bonds is 7. The zero-order valence-corrected chi connectivity index (χ0v) is 9.21. The summed E-state index contributed by atoms with van der Waals surface area (Å²) in [6.45, 7) is 7.59. The predicted molar refractivity (Wildman–Crippen MR) is 54.8 cm³/mol. The lowest BCUT2D eigenvalue weighted by Gasteiger charge is -2.20. The molecule has 0 bridgehead atoms. The van der Waals surface area contributed by atoms with Crippen molar-refractivity contribution in [1.82, 2.24) is 5.32 Å². The summed E-state index contributed by atoms with van der Waals surface area (Å²) in [7, 11) is 1.69. The maximum Gasteiger partial charge on any atom is 0.0691 e. The molecule has 3 heteroatoms. The molecule has 2 atom stereocenters. The molecule has 0 aromatic rings. The normalized spacial score (nSPS) is 16.2. The highest BCUT2D eigenvalue weighted by Crippen LogP contribution is 2.07. The Bertz CT molecular complexity index is 117. The van der Waals surface area contributed by atoms with Gasteiger partial charge in [-0.25, -0.2) is 0 Å². The van der Waals surface area contributed by atoms with Crippen LogP contribution in [0.15, 0.2) is 0 Å². The summed E-state index contributed by atoms with van der Waals surface area (Å²) in [5.41, 5.74) is 0. The summed E-state index contributed by atoms with van der Waals surface area (Å²) < 4.78 is 4.96. The number of nitrogens with one attached hydrogen (secondary N) is 1. The molecule has 0 aliphatic carbocycles. The van der Waals surface area contributed by atoms with E-state index in [1.807, 2.05) is 6.92 Å². The molecule has 2 unspecified atom stereocenters. The maximum absolute atomic E-state index is 9.68. The van der Waals surface area contributed by atoms with Crippen LogP contribution in [0, 0.1) is 5.92 Å². The van der Waals surface area contributed by atoms with E-state index in [0.29, 0.717) is 18.5 Å². The summed E-state index contributed by atoms with van der Waals surface area (Å²) in [5.74, 6) is 0.297. The molecule has 0 aromatic heterocycles. The van der Waals surface area contributed by atoms with E-state index in [2.05, 4.69) is 19.2 Å². The summed E-state index contributed by atoms with van der Waals surface area (Å²) in [6.07, 6.45) is 0.648. The largest absolute Gasteiger partial charge is 0.392 e. The molecule has 0 heterocycles. The van der Waals surface area contributed by atoms with Crippen LogP contribution in [0.25, 0.3) is 0 Å². The van der Waals surface area contributed by atoms with Crippen LogP contribution in [0.3, 0.4) is 0 Å². The molecule has 2 N–H and O–H groups in total. The van der Waals surface area contributed by atoms with Gasteiger partial charge in [0.2, 0.25) is 0 Å². The van der Waals surface area contributed by atoms with Gasteiger partial charge >= 0.3 is 0 Å². The molecule has 0 aliphatic rings. The summed E-state index contributed by atoms with van der Waals surface area (Å²) in [5, 5.41) is 12.9. The maximum atomic E-state index is 9.68. The standard InChI is InChI=1S/C10H23NO2/c1-8(2)11-7-10(12)9(3)5-6-13-4/h8-12H,5-7H2,1-4H3. The van der Waals surface area contributed by atoms with Crippen LogP contribution in [0.2, 0.25) is 0 Å². The Balaban J connectivity index is 3.50. The SMILES string of the molecule is COCCC(C)C(O)CNC(C)C. The van der Waals surface area contributed by atoms with E-state index < -0.39 is 0 Å². The highest BCUT2D eigenvalue weighted by molar-refractivity contribution is 4.68. The Labute approximate surface area is 81.5 Å². The van der Waals surface area contributed by atoms with Gasteiger partial charge in [0.25, 0.3) is 0 Å². The topological polar surface area (TPSA) is 41.5 Å². The van der Waals surface area contributed by atoms with Gasteiger partial charge in [-0.05, 0) is 12.3 Å². The fraction of sp³-hybridized carbons (Fsp3) is 1.00. The number of methoxy groups -OCH3 is 1. The van der Waals surface area contributed by atoms with Crippen molar-refractivity contribution in [3.63, 3.8) is 0 Å². The van der Waals surface area contributed by atoms with Crippen LogP contribution in [-0.4, -0.2) is 37.5 Å². The molecule has 0 saturated carbocycles. The average Bonchev–Trinajstić information content (AvgIpc) is 2.10. The van der Waals surface area contributed by atoms with Crippen LogP contribution in [0.1, 0.15) is 27.2 Å². The fourth-order valence-corrected chi connectivity index (χ4v) is 1.05. The molecular formula is C10H23NO2. The number of ether oxygens (including phenoxy) is 1. The zero-order chi connectivity index (χ0) is 10.3. The van der Waals surface area contributed by atoms with E-state index in [4.69, 9.17) is 4.74 Å². The third-order valence-electron chi connectivity index (χ3n) is 2.17. The Morgan fingerprint density at radius 1 is 1.31 bits per heavy atom. The van der Waals surface area contributed by atoms with Gasteiger partial charge in [0.1, 0.15) is 0 Å². The van der Waals surface area contributed by atoms with Gasteiger partial charge in [-0.1, -0.05) is 20.8 Å². The molecule has 0 aliphatic heterocycles. The molecule has 80 valence electrons. The Morgan fingerprint density at radius 2 is 1.92 bits per heavy atom. The van der Waals surface area contributed by atoms with Crippen molar-refractivity contribution in [3.8, 4) is 0 Å². The van der Waals surface area contributed by atoms with Gasteiger partial charge in [-0.15, -0.1) is 0 Å². The molecule has 3 nitrogen and oxygen atoms in total. The lowest BCUT2D eigenvalue weighted by Crippen LogP contribution is -2.35. The average molecular weight is 189 g/mol. The smallest absolute Gasteiger partial charge is 0.0691 e. The van der Waals surface area contributed by atoms with Crippen LogP contribution in [0.4, 0.5) is 0 Å². The highest BCUT2D eigenvalue weighted by atomic mass is 16.5. The van der Waals surface area contributed by atoms with Crippen molar-refractivity contribution in [2.45, 2.75) is 39.3 Å². The van der Waals surface area contributed by atoms with Crippen LogP contribution >= 0.6 is 0 Å². The van der Waals surface area contributed by atoms with E-state index in [9.17, 15) is 5.11 Å². The first-order chi connectivity index (χ1) is 6.07. The molecule has 0 aromatic carbocycles. The minimum Gasteiger partial charge on any atom is -0.392 e. The monoisotopic (exact) mass is 189 g/mol. The first-order valence-electron chi connectivity index (χ1n) is 4.98. The van der Waals surface area contributed by atoms with Gasteiger partial charge in [0.15, 0.2) is 0 Å². The van der Waals surface area contributed by atoms with Crippen molar-refractivity contribution in [3.05, 3.63) is 0 Å². The van der Waals surface area contributed by atoms with Crippen molar-refractivity contribution < 1.29 is 9.84 Å². The lowest BCUT2D eigenvalue weighted by atomic mass is 10.0. The van der Waals surface area contributed by atoms with Crippen LogP contribution < -0.4 is 5.32 Å². The van der Waals surface area contributed by atoms with Crippen LogP contribution in [0.5, 0.6) is 0 Å². The molecule has 0 spiro atoms. The molecule has 0 rings (SSSR count). The van der Waals surface area contributed by atoms with Crippen molar-refractivity contribution in [1.29, 1.82) is 0 Å². The zero-order valence-electron chi connectivity index (χ0n) is 9.21. The molecule has 13 heavy (non-hydrogen) atoms. The van der Waals surface area contributed by atoms with E-state index >= 15 is 0 Å². The second kappa shape index (κ2) is 7.30. The summed E-state index contributed by atoms with van der Waals surface area (Å²) >= 11 is 0. The predicted octanol–water partition coefficient (Wildman–Crippen LogP) is 1.02. The number of hydrogen-bond acceptors (Lipinski definition) is 3. The Kier molecular flexibility index (Phi) is 7.23. The van der Waals surface area contributed by atoms with Gasteiger partial charge in [0, 0.05) is 26.3 Å². The Morgan fingerprint density at radius 3 is 2.38 bits per heavy atom. The van der Waals surface area contributed by atoms with Crippen molar-refractivity contribution in [2.24, 2.45) is 5.92 Å². The minimum atomic E-state index is -0.266. The first-order valence-corrected chi connectivity index (χ1v) is 4.98.